The maximum atomic E-state index is 5.72. The molecular formula is C13H14N2. The normalized spacial score (nSPS) is 13.9. The van der Waals surface area contributed by atoms with Crippen LogP contribution < -0.4 is 11.5 Å². The lowest BCUT2D eigenvalue weighted by Gasteiger charge is -2.24. The van der Waals surface area contributed by atoms with Gasteiger partial charge in [-0.3, -0.25) is 0 Å². The van der Waals surface area contributed by atoms with Crippen molar-refractivity contribution in [2.45, 2.75) is 6.92 Å². The topological polar surface area (TPSA) is 52.0 Å². The number of benzene rings is 1. The fourth-order valence-corrected chi connectivity index (χ4v) is 1.80. The molecule has 0 saturated carbocycles. The van der Waals surface area contributed by atoms with Crippen LogP contribution in [0.1, 0.15) is 18.1 Å². The van der Waals surface area contributed by atoms with Crippen LogP contribution in [-0.2, 0) is 0 Å². The largest absolute Gasteiger partial charge is 0.399 e. The van der Waals surface area contributed by atoms with Crippen LogP contribution in [0, 0.1) is 0 Å². The van der Waals surface area contributed by atoms with Crippen LogP contribution in [0.2, 0.25) is 0 Å². The van der Waals surface area contributed by atoms with Gasteiger partial charge in [0.1, 0.15) is 0 Å². The van der Waals surface area contributed by atoms with E-state index in [1.165, 1.54) is 22.3 Å². The van der Waals surface area contributed by atoms with E-state index in [9.17, 15) is 0 Å². The number of nitrogens with two attached hydrogens (primary N) is 2. The van der Waals surface area contributed by atoms with Gasteiger partial charge in [0.05, 0.1) is 0 Å². The van der Waals surface area contributed by atoms with Crippen LogP contribution in [0.25, 0.3) is 11.1 Å². The molecule has 0 radical (unpaired) electrons. The van der Waals surface area contributed by atoms with Crippen molar-refractivity contribution in [3.8, 4) is 0 Å². The smallest absolute Gasteiger partial charge is 0.0320 e. The van der Waals surface area contributed by atoms with Crippen LogP contribution in [-0.4, -0.2) is 0 Å². The predicted molar refractivity (Wildman–Crippen MR) is 65.8 cm³/mol. The minimum atomic E-state index is 0.569. The Morgan fingerprint density at radius 1 is 1.33 bits per heavy atom. The zero-order valence-electron chi connectivity index (χ0n) is 8.75. The minimum Gasteiger partial charge on any atom is -0.399 e. The van der Waals surface area contributed by atoms with E-state index in [0.29, 0.717) is 5.70 Å². The Morgan fingerprint density at radius 2 is 2.07 bits per heavy atom. The fourth-order valence-electron chi connectivity index (χ4n) is 1.80. The summed E-state index contributed by atoms with van der Waals surface area (Å²) in [5.74, 6) is 0. The summed E-state index contributed by atoms with van der Waals surface area (Å²) >= 11 is 0. The lowest BCUT2D eigenvalue weighted by Crippen LogP contribution is -2.04. The summed E-state index contributed by atoms with van der Waals surface area (Å²) in [6.07, 6.45) is 3.81. The van der Waals surface area contributed by atoms with Crippen molar-refractivity contribution >= 4 is 16.8 Å². The second-order valence-corrected chi connectivity index (χ2v) is 3.75. The Balaban J connectivity index is 2.35. The Kier molecular flexibility index (Phi) is 2.12. The first kappa shape index (κ1) is 9.59. The molecule has 1 aromatic rings. The van der Waals surface area contributed by atoms with Crippen molar-refractivity contribution < 1.29 is 0 Å². The molecule has 76 valence electrons. The van der Waals surface area contributed by atoms with Crippen molar-refractivity contribution in [1.29, 1.82) is 0 Å². The first-order chi connectivity index (χ1) is 7.09. The third-order valence-electron chi connectivity index (χ3n) is 2.61. The molecule has 0 unspecified atom stereocenters. The van der Waals surface area contributed by atoms with Crippen LogP contribution in [0.15, 0.2) is 42.6 Å². The van der Waals surface area contributed by atoms with Gasteiger partial charge >= 0.3 is 0 Å². The number of anilines is 1. The summed E-state index contributed by atoms with van der Waals surface area (Å²) in [5, 5.41) is 0. The highest BCUT2D eigenvalue weighted by Crippen LogP contribution is 2.41. The number of allylic oxidation sites excluding steroid dienone is 4. The van der Waals surface area contributed by atoms with Gasteiger partial charge in [-0.15, -0.1) is 0 Å². The molecule has 15 heavy (non-hydrogen) atoms. The molecule has 2 nitrogen and oxygen atoms in total. The van der Waals surface area contributed by atoms with Gasteiger partial charge in [0.15, 0.2) is 0 Å². The molecule has 1 aliphatic rings. The molecule has 0 aliphatic heterocycles. The summed E-state index contributed by atoms with van der Waals surface area (Å²) < 4.78 is 0. The molecule has 2 heteroatoms. The van der Waals surface area contributed by atoms with Gasteiger partial charge in [-0.25, -0.2) is 0 Å². The number of nitrogen functional groups attached to an aromatic ring is 1. The van der Waals surface area contributed by atoms with Gasteiger partial charge in [0, 0.05) is 11.4 Å². The Bertz CT molecular complexity index is 493. The van der Waals surface area contributed by atoms with Gasteiger partial charge in [0.25, 0.3) is 0 Å². The van der Waals surface area contributed by atoms with E-state index in [4.69, 9.17) is 11.5 Å². The van der Waals surface area contributed by atoms with E-state index in [1.54, 1.807) is 0 Å². The molecule has 0 atom stereocenters. The number of hydrogen-bond donors (Lipinski definition) is 2. The Hall–Kier alpha value is -1.96. The summed E-state index contributed by atoms with van der Waals surface area (Å²) in [5.41, 5.74) is 17.5. The summed E-state index contributed by atoms with van der Waals surface area (Å²) in [7, 11) is 0. The van der Waals surface area contributed by atoms with Gasteiger partial charge in [0.2, 0.25) is 0 Å². The fraction of sp³-hybridized carbons (Fsp3) is 0.0769. The quantitative estimate of drug-likeness (QED) is 0.566. The number of rotatable bonds is 2. The monoisotopic (exact) mass is 198 g/mol. The van der Waals surface area contributed by atoms with Crippen molar-refractivity contribution in [2.24, 2.45) is 5.73 Å². The van der Waals surface area contributed by atoms with E-state index in [0.717, 1.165) is 5.69 Å². The third kappa shape index (κ3) is 1.54. The van der Waals surface area contributed by atoms with Crippen LogP contribution >= 0.6 is 0 Å². The van der Waals surface area contributed by atoms with E-state index in [1.807, 2.05) is 30.4 Å². The third-order valence-corrected chi connectivity index (χ3v) is 2.61. The lowest BCUT2D eigenvalue weighted by molar-refractivity contribution is 1.42. The van der Waals surface area contributed by atoms with Crippen LogP contribution in [0.4, 0.5) is 5.69 Å². The number of hydrogen-bond acceptors (Lipinski definition) is 2. The second-order valence-electron chi connectivity index (χ2n) is 3.75. The van der Waals surface area contributed by atoms with E-state index in [-0.39, 0.29) is 0 Å². The zero-order chi connectivity index (χ0) is 11.0. The van der Waals surface area contributed by atoms with Crippen molar-refractivity contribution in [3.63, 3.8) is 0 Å². The lowest BCUT2D eigenvalue weighted by atomic mass is 9.81. The molecule has 1 aliphatic carbocycles. The molecule has 0 fully saturated rings. The van der Waals surface area contributed by atoms with Crippen molar-refractivity contribution in [2.75, 3.05) is 5.73 Å². The molecule has 0 aromatic heterocycles. The Labute approximate surface area is 89.6 Å². The van der Waals surface area contributed by atoms with E-state index in [2.05, 4.69) is 13.5 Å². The van der Waals surface area contributed by atoms with Gasteiger partial charge in [-0.1, -0.05) is 18.7 Å². The highest BCUT2D eigenvalue weighted by atomic mass is 14.5. The molecule has 4 N–H and O–H groups in total. The maximum Gasteiger partial charge on any atom is 0.0320 e. The highest BCUT2D eigenvalue weighted by Gasteiger charge is 2.19. The van der Waals surface area contributed by atoms with Crippen molar-refractivity contribution in [3.05, 3.63) is 53.8 Å². The number of fused-ring (bicyclic) bond motifs is 1. The second kappa shape index (κ2) is 3.31. The standard InChI is InChI=1S/C13H14N2/c1-8(14)3-5-11-9(2)13-7-10(15)4-6-12(11)13/h3-7H,1,14-15H2,2H3/b5-3-. The molecule has 0 bridgehead atoms. The molecule has 0 spiro atoms. The highest BCUT2D eigenvalue weighted by molar-refractivity contribution is 6.07. The zero-order valence-corrected chi connectivity index (χ0v) is 8.75. The molecule has 0 saturated heterocycles. The van der Waals surface area contributed by atoms with Gasteiger partial charge in [-0.2, -0.15) is 0 Å². The van der Waals surface area contributed by atoms with Crippen molar-refractivity contribution in [1.82, 2.24) is 0 Å². The minimum absolute atomic E-state index is 0.569. The van der Waals surface area contributed by atoms with Gasteiger partial charge in [-0.05, 0) is 47.4 Å². The van der Waals surface area contributed by atoms with Gasteiger partial charge < -0.3 is 11.5 Å². The SMILES string of the molecule is C=C(N)/C=C\C1=C(C)c2cc(N)ccc21. The molecular weight excluding hydrogens is 184 g/mol. The average molecular weight is 198 g/mol. The summed E-state index contributed by atoms with van der Waals surface area (Å²) in [6, 6.07) is 5.95. The molecule has 1 aromatic carbocycles. The summed E-state index contributed by atoms with van der Waals surface area (Å²) in [6.45, 7) is 5.71. The van der Waals surface area contributed by atoms with E-state index >= 15 is 0 Å². The Morgan fingerprint density at radius 3 is 2.73 bits per heavy atom. The maximum absolute atomic E-state index is 5.72. The first-order valence-corrected chi connectivity index (χ1v) is 4.83. The summed E-state index contributed by atoms with van der Waals surface area (Å²) in [4.78, 5) is 0. The first-order valence-electron chi connectivity index (χ1n) is 4.83. The molecule has 0 heterocycles. The molecule has 0 amide bonds. The van der Waals surface area contributed by atoms with Crippen LogP contribution in [0.3, 0.4) is 0 Å². The van der Waals surface area contributed by atoms with Crippen LogP contribution in [0.5, 0.6) is 0 Å². The average Bonchev–Trinajstić information content (AvgIpc) is 2.18. The molecule has 2 rings (SSSR count). The van der Waals surface area contributed by atoms with E-state index < -0.39 is 0 Å². The predicted octanol–water partition coefficient (Wildman–Crippen LogP) is 2.54.